The number of aromatic nitrogens is 2. The van der Waals surface area contributed by atoms with Gasteiger partial charge in [0.25, 0.3) is 0 Å². The lowest BCUT2D eigenvalue weighted by Gasteiger charge is -2.00. The molecule has 25 heavy (non-hydrogen) atoms. The van der Waals surface area contributed by atoms with Crippen LogP contribution in [0.15, 0.2) is 59.8 Å². The Hall–Kier alpha value is -2.86. The van der Waals surface area contributed by atoms with E-state index in [4.69, 9.17) is 0 Å². The highest BCUT2D eigenvalue weighted by molar-refractivity contribution is 7.16. The summed E-state index contributed by atoms with van der Waals surface area (Å²) < 4.78 is 3.14. The molecule has 2 heterocycles. The fourth-order valence-electron chi connectivity index (χ4n) is 2.94. The first kappa shape index (κ1) is 15.7. The van der Waals surface area contributed by atoms with Crippen molar-refractivity contribution < 1.29 is 4.79 Å². The van der Waals surface area contributed by atoms with Crippen LogP contribution in [0, 0.1) is 0 Å². The maximum absolute atomic E-state index is 12.2. The van der Waals surface area contributed by atoms with E-state index in [1.54, 1.807) is 11.3 Å². The van der Waals surface area contributed by atoms with Crippen molar-refractivity contribution in [3.63, 3.8) is 0 Å². The molecule has 5 nitrogen and oxygen atoms in total. The standard InChI is InChI=1S/C19H18N4OS/c1-23-16-8-4-5-9-17(16)25-19(23)22-21-18(24)11-10-13-12-20-15-7-3-2-6-14(13)15/h2-9,12,20H,10-11H2,1H3,(H,21,24)/b22-19+. The molecule has 2 aromatic carbocycles. The molecule has 0 aliphatic rings. The van der Waals surface area contributed by atoms with Crippen LogP contribution in [0.25, 0.3) is 21.1 Å². The van der Waals surface area contributed by atoms with Gasteiger partial charge in [-0.05, 0) is 30.2 Å². The fraction of sp³-hybridized carbons (Fsp3) is 0.158. The van der Waals surface area contributed by atoms with Crippen molar-refractivity contribution in [2.75, 3.05) is 0 Å². The Labute approximate surface area is 148 Å². The number of H-pyrrole nitrogens is 1. The van der Waals surface area contributed by atoms with Crippen LogP contribution in [-0.4, -0.2) is 15.5 Å². The second kappa shape index (κ2) is 6.57. The van der Waals surface area contributed by atoms with Gasteiger partial charge in [0.15, 0.2) is 0 Å². The van der Waals surface area contributed by atoms with Crippen LogP contribution in [0.4, 0.5) is 0 Å². The van der Waals surface area contributed by atoms with E-state index in [0.29, 0.717) is 12.8 Å². The number of nitrogens with zero attached hydrogens (tertiary/aromatic N) is 2. The van der Waals surface area contributed by atoms with Crippen LogP contribution >= 0.6 is 11.3 Å². The van der Waals surface area contributed by atoms with E-state index in [1.807, 2.05) is 54.2 Å². The van der Waals surface area contributed by atoms with E-state index in [-0.39, 0.29) is 5.91 Å². The zero-order valence-corrected chi connectivity index (χ0v) is 14.6. The number of rotatable bonds is 4. The second-order valence-corrected chi connectivity index (χ2v) is 6.93. The average molecular weight is 350 g/mol. The molecule has 6 heteroatoms. The first-order chi connectivity index (χ1) is 12.2. The average Bonchev–Trinajstić information content (AvgIpc) is 3.20. The molecule has 0 saturated heterocycles. The molecule has 0 aliphatic heterocycles. The number of thiazole rings is 1. The lowest BCUT2D eigenvalue weighted by Crippen LogP contribution is -2.23. The summed E-state index contributed by atoms with van der Waals surface area (Å²) in [5, 5.41) is 5.45. The number of aryl methyl sites for hydroxylation is 2. The molecule has 2 N–H and O–H groups in total. The number of hydrogen-bond acceptors (Lipinski definition) is 3. The largest absolute Gasteiger partial charge is 0.361 e. The monoisotopic (exact) mass is 350 g/mol. The third-order valence-corrected chi connectivity index (χ3v) is 5.40. The summed E-state index contributed by atoms with van der Waals surface area (Å²) in [6.45, 7) is 0. The van der Waals surface area contributed by atoms with Gasteiger partial charge in [-0.25, -0.2) is 5.43 Å². The minimum atomic E-state index is -0.0808. The molecule has 0 aliphatic carbocycles. The maximum atomic E-state index is 12.2. The Kier molecular flexibility index (Phi) is 4.11. The fourth-order valence-corrected chi connectivity index (χ4v) is 3.92. The number of hydrogen-bond donors (Lipinski definition) is 2. The zero-order chi connectivity index (χ0) is 17.2. The number of nitrogens with one attached hydrogen (secondary N) is 2. The molecular weight excluding hydrogens is 332 g/mol. The van der Waals surface area contributed by atoms with E-state index in [1.165, 1.54) is 5.39 Å². The third-order valence-electron chi connectivity index (χ3n) is 4.29. The summed E-state index contributed by atoms with van der Waals surface area (Å²) >= 11 is 1.56. The number of fused-ring (bicyclic) bond motifs is 2. The van der Waals surface area contributed by atoms with E-state index in [2.05, 4.69) is 27.6 Å². The van der Waals surface area contributed by atoms with Gasteiger partial charge < -0.3 is 9.55 Å². The lowest BCUT2D eigenvalue weighted by atomic mass is 10.1. The molecular formula is C19H18N4OS. The van der Waals surface area contributed by atoms with Crippen LogP contribution in [0.1, 0.15) is 12.0 Å². The van der Waals surface area contributed by atoms with Crippen molar-refractivity contribution in [3.05, 3.63) is 65.1 Å². The van der Waals surface area contributed by atoms with Gasteiger partial charge in [0.1, 0.15) is 0 Å². The SMILES string of the molecule is Cn1/c(=N\NC(=O)CCc2c[nH]c3ccccc23)sc2ccccc21. The van der Waals surface area contributed by atoms with Crippen LogP contribution in [-0.2, 0) is 18.3 Å². The van der Waals surface area contributed by atoms with Gasteiger partial charge in [-0.1, -0.05) is 41.7 Å². The Bertz CT molecular complexity index is 1120. The van der Waals surface area contributed by atoms with Gasteiger partial charge in [-0.15, -0.1) is 5.10 Å². The van der Waals surface area contributed by atoms with E-state index >= 15 is 0 Å². The normalized spacial score (nSPS) is 12.1. The predicted molar refractivity (Wildman–Crippen MR) is 101 cm³/mol. The molecule has 0 spiro atoms. The molecule has 4 aromatic rings. The van der Waals surface area contributed by atoms with Crippen molar-refractivity contribution in [2.45, 2.75) is 12.8 Å². The smallest absolute Gasteiger partial charge is 0.240 e. The summed E-state index contributed by atoms with van der Waals surface area (Å²) in [5.41, 5.74) is 6.04. The van der Waals surface area contributed by atoms with Crippen LogP contribution in [0.3, 0.4) is 0 Å². The van der Waals surface area contributed by atoms with Gasteiger partial charge in [-0.3, -0.25) is 4.79 Å². The minimum absolute atomic E-state index is 0.0808. The van der Waals surface area contributed by atoms with Gasteiger partial charge in [0.05, 0.1) is 10.2 Å². The van der Waals surface area contributed by atoms with Gasteiger partial charge in [0.2, 0.25) is 10.7 Å². The molecule has 0 bridgehead atoms. The highest BCUT2D eigenvalue weighted by Crippen LogP contribution is 2.19. The quantitative estimate of drug-likeness (QED) is 0.545. The van der Waals surface area contributed by atoms with Gasteiger partial charge >= 0.3 is 0 Å². The number of amides is 1. The molecule has 2 aromatic heterocycles. The van der Waals surface area contributed by atoms with Crippen molar-refractivity contribution >= 4 is 38.4 Å². The first-order valence-electron chi connectivity index (χ1n) is 8.14. The van der Waals surface area contributed by atoms with Crippen LogP contribution in [0.5, 0.6) is 0 Å². The summed E-state index contributed by atoms with van der Waals surface area (Å²) in [4.78, 5) is 16.2. The molecule has 126 valence electrons. The number of aromatic amines is 1. The lowest BCUT2D eigenvalue weighted by molar-refractivity contribution is -0.121. The molecule has 1 amide bonds. The van der Waals surface area contributed by atoms with E-state index in [0.717, 1.165) is 26.1 Å². The highest BCUT2D eigenvalue weighted by atomic mass is 32.1. The third kappa shape index (κ3) is 3.08. The zero-order valence-electron chi connectivity index (χ0n) is 13.8. The van der Waals surface area contributed by atoms with Crippen molar-refractivity contribution in [1.29, 1.82) is 0 Å². The number of para-hydroxylation sites is 2. The highest BCUT2D eigenvalue weighted by Gasteiger charge is 2.07. The van der Waals surface area contributed by atoms with E-state index < -0.39 is 0 Å². The summed E-state index contributed by atoms with van der Waals surface area (Å²) in [5.74, 6) is -0.0808. The van der Waals surface area contributed by atoms with Crippen molar-refractivity contribution in [1.82, 2.24) is 15.0 Å². The summed E-state index contributed by atoms with van der Waals surface area (Å²) in [6, 6.07) is 16.2. The Balaban J connectivity index is 1.46. The number of benzene rings is 2. The Morgan fingerprint density at radius 2 is 2.00 bits per heavy atom. The van der Waals surface area contributed by atoms with E-state index in [9.17, 15) is 4.79 Å². The molecule has 0 atom stereocenters. The van der Waals surface area contributed by atoms with Crippen LogP contribution < -0.4 is 10.2 Å². The minimum Gasteiger partial charge on any atom is -0.361 e. The molecule has 0 fully saturated rings. The first-order valence-corrected chi connectivity index (χ1v) is 8.96. The molecule has 0 saturated carbocycles. The summed E-state index contributed by atoms with van der Waals surface area (Å²) in [7, 11) is 1.95. The van der Waals surface area contributed by atoms with Crippen molar-refractivity contribution in [2.24, 2.45) is 12.1 Å². The van der Waals surface area contributed by atoms with Gasteiger partial charge in [-0.2, -0.15) is 0 Å². The van der Waals surface area contributed by atoms with Crippen LogP contribution in [0.2, 0.25) is 0 Å². The molecule has 4 rings (SSSR count). The second-order valence-electron chi connectivity index (χ2n) is 5.92. The predicted octanol–water partition coefficient (Wildman–Crippen LogP) is 3.29. The number of carbonyl (C=O) groups excluding carboxylic acids is 1. The maximum Gasteiger partial charge on any atom is 0.240 e. The summed E-state index contributed by atoms with van der Waals surface area (Å²) in [6.07, 6.45) is 3.06. The Morgan fingerprint density at radius 3 is 2.88 bits per heavy atom. The van der Waals surface area contributed by atoms with Crippen molar-refractivity contribution in [3.8, 4) is 0 Å². The topological polar surface area (TPSA) is 62.2 Å². The Morgan fingerprint density at radius 1 is 1.20 bits per heavy atom. The molecule has 0 radical (unpaired) electrons. The molecule has 0 unspecified atom stereocenters. The van der Waals surface area contributed by atoms with Gasteiger partial charge in [0, 0.05) is 30.6 Å². The number of carbonyl (C=O) groups is 1.